The van der Waals surface area contributed by atoms with Crippen LogP contribution in [-0.4, -0.2) is 58.8 Å². The Balaban J connectivity index is 1.74. The van der Waals surface area contributed by atoms with Gasteiger partial charge in [-0.05, 0) is 37.1 Å². The highest BCUT2D eigenvalue weighted by atomic mass is 32.3. The number of nitrogens with one attached hydrogen (secondary N) is 1. The highest BCUT2D eigenvalue weighted by molar-refractivity contribution is 8.61. The number of benzene rings is 2. The minimum absolute atomic E-state index is 0.0108. The number of amides is 1. The molecular weight excluding hydrogens is 498 g/mol. The standard InChI is InChI=1S/C25H25F4N3O3S/c1-16-7-3-4-8-18(16)22-13-30-15-36(22,17(2)35-21-10-6-5-9-19(21)26)23(33)20-14-32(12-11-31-20)24(34)25(27,28)29/h3-10,13,15,17,20,31H,11-12,14H2,1-2H3. The fourth-order valence-corrected chi connectivity index (χ4v) is 7.58. The van der Waals surface area contributed by atoms with Crippen molar-refractivity contribution < 1.29 is 31.9 Å². The molecule has 192 valence electrons. The van der Waals surface area contributed by atoms with E-state index in [1.807, 2.05) is 25.1 Å². The molecule has 0 aliphatic carbocycles. The van der Waals surface area contributed by atoms with Gasteiger partial charge in [-0.1, -0.05) is 46.4 Å². The molecule has 2 aliphatic heterocycles. The van der Waals surface area contributed by atoms with E-state index in [2.05, 4.69) is 10.3 Å². The first-order valence-corrected chi connectivity index (χ1v) is 13.0. The lowest BCUT2D eigenvalue weighted by Gasteiger charge is -2.43. The summed E-state index contributed by atoms with van der Waals surface area (Å²) < 4.78 is 59.7. The summed E-state index contributed by atoms with van der Waals surface area (Å²) in [6.45, 7) is 2.88. The molecule has 4 rings (SSSR count). The number of para-hydroxylation sites is 1. The Bertz CT molecular complexity index is 1230. The van der Waals surface area contributed by atoms with E-state index < -0.39 is 51.1 Å². The predicted molar refractivity (Wildman–Crippen MR) is 131 cm³/mol. The van der Waals surface area contributed by atoms with E-state index in [0.29, 0.717) is 9.81 Å². The van der Waals surface area contributed by atoms with E-state index in [1.165, 1.54) is 23.7 Å². The third-order valence-electron chi connectivity index (χ3n) is 6.17. The monoisotopic (exact) mass is 523 g/mol. The molecule has 0 spiro atoms. The molecule has 0 aromatic heterocycles. The van der Waals surface area contributed by atoms with Gasteiger partial charge in [-0.15, -0.1) is 0 Å². The number of aryl methyl sites for hydroxylation is 1. The molecule has 36 heavy (non-hydrogen) atoms. The Morgan fingerprint density at radius 1 is 1.17 bits per heavy atom. The van der Waals surface area contributed by atoms with Crippen LogP contribution in [0.4, 0.5) is 17.6 Å². The molecule has 11 heteroatoms. The Morgan fingerprint density at radius 2 is 1.86 bits per heavy atom. The predicted octanol–water partition coefficient (Wildman–Crippen LogP) is 4.59. The zero-order valence-corrected chi connectivity index (χ0v) is 20.4. The highest BCUT2D eigenvalue weighted by Gasteiger charge is 2.50. The Labute approximate surface area is 207 Å². The Kier molecular flexibility index (Phi) is 7.24. The van der Waals surface area contributed by atoms with Gasteiger partial charge in [0.05, 0.1) is 11.6 Å². The normalized spacial score (nSPS) is 24.6. The minimum atomic E-state index is -5.04. The first-order chi connectivity index (χ1) is 17.1. The molecule has 0 bridgehead atoms. The number of halogens is 4. The number of ether oxygens (including phenoxy) is 1. The lowest BCUT2D eigenvalue weighted by atomic mass is 10.1. The van der Waals surface area contributed by atoms with Crippen molar-refractivity contribution in [2.75, 3.05) is 19.6 Å². The molecule has 2 heterocycles. The van der Waals surface area contributed by atoms with Gasteiger partial charge in [0.15, 0.2) is 11.6 Å². The summed E-state index contributed by atoms with van der Waals surface area (Å²) in [6.07, 6.45) is -3.49. The molecule has 3 atom stereocenters. The summed E-state index contributed by atoms with van der Waals surface area (Å²) in [5.41, 5.74) is 2.17. The summed E-state index contributed by atoms with van der Waals surface area (Å²) in [6, 6.07) is 12.0. The van der Waals surface area contributed by atoms with Gasteiger partial charge >= 0.3 is 12.1 Å². The van der Waals surface area contributed by atoms with E-state index in [9.17, 15) is 27.2 Å². The van der Waals surface area contributed by atoms with Crippen LogP contribution in [0.2, 0.25) is 0 Å². The maximum Gasteiger partial charge on any atom is 0.471 e. The summed E-state index contributed by atoms with van der Waals surface area (Å²) in [4.78, 5) is 31.6. The number of piperazine rings is 1. The number of hydrogen-bond acceptors (Lipinski definition) is 5. The molecule has 1 N–H and O–H groups in total. The maximum atomic E-state index is 14.4. The number of rotatable bonds is 5. The van der Waals surface area contributed by atoms with Gasteiger partial charge in [0.2, 0.25) is 5.12 Å². The van der Waals surface area contributed by atoms with Crippen molar-refractivity contribution in [1.82, 2.24) is 10.2 Å². The highest BCUT2D eigenvalue weighted by Crippen LogP contribution is 2.65. The Morgan fingerprint density at radius 3 is 2.56 bits per heavy atom. The van der Waals surface area contributed by atoms with Crippen molar-refractivity contribution in [3.63, 3.8) is 0 Å². The third kappa shape index (κ3) is 4.77. The van der Waals surface area contributed by atoms with Crippen LogP contribution < -0.4 is 10.1 Å². The molecule has 3 unspecified atom stereocenters. The lowest BCUT2D eigenvalue weighted by molar-refractivity contribution is -0.186. The molecule has 0 radical (unpaired) electrons. The topological polar surface area (TPSA) is 71.0 Å². The zero-order chi connectivity index (χ0) is 26.1. The fourth-order valence-electron chi connectivity index (χ4n) is 4.33. The average molecular weight is 524 g/mol. The van der Waals surface area contributed by atoms with Crippen LogP contribution in [0.3, 0.4) is 0 Å². The van der Waals surface area contributed by atoms with Gasteiger partial charge in [0.1, 0.15) is 5.44 Å². The second-order valence-corrected chi connectivity index (χ2v) is 11.6. The molecule has 2 aromatic carbocycles. The van der Waals surface area contributed by atoms with Crippen LogP contribution >= 0.6 is 10.0 Å². The third-order valence-corrected chi connectivity index (χ3v) is 9.77. The zero-order valence-electron chi connectivity index (χ0n) is 19.6. The first kappa shape index (κ1) is 25.9. The number of nitrogens with zero attached hydrogens (tertiary/aromatic N) is 2. The summed E-state index contributed by atoms with van der Waals surface area (Å²) in [5, 5.41) is 2.52. The Hall–Kier alpha value is -3.18. The van der Waals surface area contributed by atoms with Crippen molar-refractivity contribution in [3.05, 3.63) is 71.7 Å². The average Bonchev–Trinajstić information content (AvgIpc) is 3.30. The van der Waals surface area contributed by atoms with Gasteiger partial charge in [-0.2, -0.15) is 13.2 Å². The second-order valence-electron chi connectivity index (χ2n) is 8.46. The van der Waals surface area contributed by atoms with Crippen molar-refractivity contribution in [1.29, 1.82) is 0 Å². The summed E-state index contributed by atoms with van der Waals surface area (Å²) >= 11 is 0. The molecule has 1 amide bonds. The van der Waals surface area contributed by atoms with Gasteiger partial charge < -0.3 is 15.0 Å². The van der Waals surface area contributed by atoms with E-state index in [1.54, 1.807) is 25.3 Å². The van der Waals surface area contributed by atoms with E-state index in [-0.39, 0.29) is 18.8 Å². The van der Waals surface area contributed by atoms with Crippen molar-refractivity contribution in [2.45, 2.75) is 31.5 Å². The number of alkyl halides is 3. The van der Waals surface area contributed by atoms with Gasteiger partial charge in [0.25, 0.3) is 0 Å². The lowest BCUT2D eigenvalue weighted by Crippen LogP contribution is -2.59. The van der Waals surface area contributed by atoms with Gasteiger partial charge in [0, 0.05) is 30.7 Å². The van der Waals surface area contributed by atoms with Crippen molar-refractivity contribution >= 4 is 31.5 Å². The molecule has 2 aromatic rings. The van der Waals surface area contributed by atoms with E-state index in [0.717, 1.165) is 11.1 Å². The van der Waals surface area contributed by atoms with Crippen LogP contribution in [0.5, 0.6) is 5.75 Å². The number of hydrogen-bond donors (Lipinski definition) is 1. The van der Waals surface area contributed by atoms with Crippen molar-refractivity contribution in [2.24, 2.45) is 4.99 Å². The quantitative estimate of drug-likeness (QED) is 0.582. The molecule has 1 fully saturated rings. The van der Waals surface area contributed by atoms with Crippen LogP contribution in [0.15, 0.2) is 59.7 Å². The molecular formula is C25H25F4N3O3S. The van der Waals surface area contributed by atoms with Gasteiger partial charge in [-0.3, -0.25) is 14.6 Å². The maximum absolute atomic E-state index is 14.4. The van der Waals surface area contributed by atoms with Crippen molar-refractivity contribution in [3.8, 4) is 5.75 Å². The van der Waals surface area contributed by atoms with E-state index >= 15 is 0 Å². The van der Waals surface area contributed by atoms with Crippen LogP contribution in [0, 0.1) is 12.7 Å². The molecule has 6 nitrogen and oxygen atoms in total. The largest absolute Gasteiger partial charge is 0.477 e. The summed E-state index contributed by atoms with van der Waals surface area (Å²) in [5.74, 6) is -2.66. The summed E-state index contributed by atoms with van der Waals surface area (Å²) in [7, 11) is -2.77. The number of carbonyl (C=O) groups excluding carboxylic acids is 2. The second kappa shape index (κ2) is 10.1. The van der Waals surface area contributed by atoms with Crippen LogP contribution in [0.25, 0.3) is 4.91 Å². The van der Waals surface area contributed by atoms with Crippen LogP contribution in [-0.2, 0) is 9.59 Å². The van der Waals surface area contributed by atoms with Gasteiger partial charge in [-0.25, -0.2) is 4.39 Å². The first-order valence-electron chi connectivity index (χ1n) is 11.2. The molecule has 1 saturated heterocycles. The smallest absolute Gasteiger partial charge is 0.471 e. The SMILES string of the molecule is Cc1ccccc1C1=CN=CS1(C(=O)C1CN(C(=O)C(F)(F)F)CCN1)C(C)Oc1ccccc1F. The molecule has 2 aliphatic rings. The fraction of sp³-hybridized carbons (Fsp3) is 0.320. The minimum Gasteiger partial charge on any atom is -0.477 e. The number of carbonyl (C=O) groups is 2. The molecule has 0 saturated carbocycles. The van der Waals surface area contributed by atoms with E-state index in [4.69, 9.17) is 4.74 Å². The number of aliphatic imine (C=N–C) groups is 1. The van der Waals surface area contributed by atoms with Crippen LogP contribution in [0.1, 0.15) is 18.1 Å².